The Morgan fingerprint density at radius 3 is 2.47 bits per heavy atom. The molecule has 0 unspecified atom stereocenters. The van der Waals surface area contributed by atoms with E-state index in [-0.39, 0.29) is 4.21 Å². The molecule has 0 atom stereocenters. The first-order chi connectivity index (χ1) is 8.79. The molecule has 19 heavy (non-hydrogen) atoms. The number of nitrogens with one attached hydrogen (secondary N) is 1. The van der Waals surface area contributed by atoms with E-state index >= 15 is 0 Å². The number of nitrogen functional groups attached to an aromatic ring is 1. The third-order valence-corrected chi connectivity index (χ3v) is 5.46. The molecule has 3 N–H and O–H groups in total. The second-order valence-corrected chi connectivity index (χ2v) is 7.47. The molecule has 1 heterocycles. The molecule has 5 nitrogen and oxygen atoms in total. The zero-order valence-electron chi connectivity index (χ0n) is 10.9. The van der Waals surface area contributed by atoms with E-state index in [0.29, 0.717) is 16.4 Å². The maximum absolute atomic E-state index is 12.2. The normalized spacial score (nSPS) is 11.5. The largest absolute Gasteiger partial charge is 0.399 e. The van der Waals surface area contributed by atoms with Crippen LogP contribution in [0.25, 0.3) is 0 Å². The van der Waals surface area contributed by atoms with Crippen LogP contribution < -0.4 is 10.5 Å². The van der Waals surface area contributed by atoms with Crippen LogP contribution in [0, 0.1) is 20.8 Å². The molecule has 0 saturated carbocycles. The van der Waals surface area contributed by atoms with Gasteiger partial charge in [0.1, 0.15) is 0 Å². The number of hydrogen-bond acceptors (Lipinski definition) is 5. The van der Waals surface area contributed by atoms with Gasteiger partial charge in [-0.1, -0.05) is 0 Å². The molecule has 0 aliphatic carbocycles. The van der Waals surface area contributed by atoms with Gasteiger partial charge in [-0.05, 0) is 44.0 Å². The highest BCUT2D eigenvalue weighted by atomic mass is 32.2. The van der Waals surface area contributed by atoms with Gasteiger partial charge in [-0.2, -0.15) is 0 Å². The number of rotatable bonds is 3. The van der Waals surface area contributed by atoms with E-state index in [2.05, 4.69) is 9.71 Å². The molecule has 0 aliphatic heterocycles. The smallest absolute Gasteiger partial charge is 0.273 e. The lowest BCUT2D eigenvalue weighted by Gasteiger charge is -2.11. The summed E-state index contributed by atoms with van der Waals surface area (Å²) in [6, 6.07) is 3.49. The van der Waals surface area contributed by atoms with Gasteiger partial charge in [0.15, 0.2) is 4.21 Å². The first kappa shape index (κ1) is 13.8. The third-order valence-electron chi connectivity index (χ3n) is 2.72. The fourth-order valence-corrected chi connectivity index (χ4v) is 3.84. The van der Waals surface area contributed by atoms with Crippen molar-refractivity contribution in [2.45, 2.75) is 25.0 Å². The van der Waals surface area contributed by atoms with Crippen LogP contribution in [0.3, 0.4) is 0 Å². The summed E-state index contributed by atoms with van der Waals surface area (Å²) in [5.41, 5.74) is 8.59. The molecule has 2 rings (SSSR count). The van der Waals surface area contributed by atoms with Crippen LogP contribution in [0.15, 0.2) is 22.5 Å². The van der Waals surface area contributed by atoms with E-state index in [1.54, 1.807) is 19.1 Å². The molecular formula is C12H15N3O2S2. The van der Waals surface area contributed by atoms with Gasteiger partial charge in [0.05, 0.1) is 16.9 Å². The molecule has 0 radical (unpaired) electrons. The van der Waals surface area contributed by atoms with Crippen LogP contribution in [-0.4, -0.2) is 13.4 Å². The highest BCUT2D eigenvalue weighted by Crippen LogP contribution is 2.26. The summed E-state index contributed by atoms with van der Waals surface area (Å²) < 4.78 is 27.2. The van der Waals surface area contributed by atoms with Gasteiger partial charge in [-0.3, -0.25) is 4.72 Å². The summed E-state index contributed by atoms with van der Waals surface area (Å²) in [7, 11) is -3.58. The number of aromatic nitrogens is 1. The van der Waals surface area contributed by atoms with Gasteiger partial charge in [-0.15, -0.1) is 11.3 Å². The van der Waals surface area contributed by atoms with E-state index in [9.17, 15) is 8.42 Å². The van der Waals surface area contributed by atoms with Gasteiger partial charge in [0, 0.05) is 5.69 Å². The number of benzene rings is 1. The first-order valence-corrected chi connectivity index (χ1v) is 7.91. The van der Waals surface area contributed by atoms with Crippen LogP contribution in [0.2, 0.25) is 0 Å². The fourth-order valence-electron chi connectivity index (χ4n) is 1.61. The molecule has 0 spiro atoms. The Hall–Kier alpha value is -1.60. The molecule has 1 aromatic carbocycles. The Labute approximate surface area is 116 Å². The van der Waals surface area contributed by atoms with Crippen molar-refractivity contribution >= 4 is 32.7 Å². The summed E-state index contributed by atoms with van der Waals surface area (Å²) in [4.78, 5) is 3.96. The Morgan fingerprint density at radius 1 is 1.21 bits per heavy atom. The lowest BCUT2D eigenvalue weighted by molar-refractivity contribution is 0.603. The molecule has 0 aliphatic rings. The summed E-state index contributed by atoms with van der Waals surface area (Å²) in [6.07, 6.45) is 1.36. The number of hydrogen-bond donors (Lipinski definition) is 2. The Balaban J connectivity index is 2.38. The number of aryl methyl sites for hydroxylation is 3. The van der Waals surface area contributed by atoms with Gasteiger partial charge in [-0.25, -0.2) is 13.4 Å². The predicted octanol–water partition coefficient (Wildman–Crippen LogP) is 2.45. The first-order valence-electron chi connectivity index (χ1n) is 5.61. The van der Waals surface area contributed by atoms with Crippen molar-refractivity contribution in [2.24, 2.45) is 0 Å². The molecule has 0 saturated heterocycles. The lowest BCUT2D eigenvalue weighted by Crippen LogP contribution is -2.12. The zero-order valence-corrected chi connectivity index (χ0v) is 12.5. The molecule has 0 amide bonds. The standard InChI is InChI=1S/C12H15N3O2S2/c1-7-5-11(8(2)4-10(7)13)15-19(16,17)12-6-14-9(3)18-12/h4-6,15H,13H2,1-3H3. The quantitative estimate of drug-likeness (QED) is 0.852. The topological polar surface area (TPSA) is 85.1 Å². The minimum Gasteiger partial charge on any atom is -0.399 e. The average molecular weight is 297 g/mol. The number of nitrogens with two attached hydrogens (primary N) is 1. The van der Waals surface area contributed by atoms with Crippen LogP contribution >= 0.6 is 11.3 Å². The Morgan fingerprint density at radius 2 is 1.89 bits per heavy atom. The number of thiazole rings is 1. The van der Waals surface area contributed by atoms with Crippen LogP contribution in [-0.2, 0) is 10.0 Å². The maximum Gasteiger partial charge on any atom is 0.273 e. The van der Waals surface area contributed by atoms with E-state index in [1.807, 2.05) is 13.8 Å². The van der Waals surface area contributed by atoms with Crippen molar-refractivity contribution in [1.82, 2.24) is 4.98 Å². The highest BCUT2D eigenvalue weighted by Gasteiger charge is 2.18. The Bertz CT molecular complexity index is 721. The molecule has 2 aromatic rings. The maximum atomic E-state index is 12.2. The van der Waals surface area contributed by atoms with Crippen molar-refractivity contribution in [1.29, 1.82) is 0 Å². The van der Waals surface area contributed by atoms with Crippen molar-refractivity contribution in [3.8, 4) is 0 Å². The number of nitrogens with zero attached hydrogens (tertiary/aromatic N) is 1. The van der Waals surface area contributed by atoms with Crippen LogP contribution in [0.5, 0.6) is 0 Å². The van der Waals surface area contributed by atoms with Crippen LogP contribution in [0.1, 0.15) is 16.1 Å². The van der Waals surface area contributed by atoms with Crippen molar-refractivity contribution in [3.63, 3.8) is 0 Å². The fraction of sp³-hybridized carbons (Fsp3) is 0.250. The molecule has 102 valence electrons. The van der Waals surface area contributed by atoms with Crippen molar-refractivity contribution in [3.05, 3.63) is 34.5 Å². The predicted molar refractivity (Wildman–Crippen MR) is 78.0 cm³/mol. The van der Waals surface area contributed by atoms with E-state index < -0.39 is 10.0 Å². The van der Waals surface area contributed by atoms with Gasteiger partial charge >= 0.3 is 0 Å². The van der Waals surface area contributed by atoms with E-state index in [1.165, 1.54) is 6.20 Å². The minimum atomic E-state index is -3.58. The Kier molecular flexibility index (Phi) is 3.51. The number of anilines is 2. The van der Waals surface area contributed by atoms with E-state index in [0.717, 1.165) is 22.5 Å². The molecule has 7 heteroatoms. The van der Waals surface area contributed by atoms with Crippen molar-refractivity contribution in [2.75, 3.05) is 10.5 Å². The summed E-state index contributed by atoms with van der Waals surface area (Å²) in [5.74, 6) is 0. The summed E-state index contributed by atoms with van der Waals surface area (Å²) in [5, 5.41) is 0.714. The molecule has 0 fully saturated rings. The molecule has 0 bridgehead atoms. The zero-order chi connectivity index (χ0) is 14.2. The SMILES string of the molecule is Cc1ncc(S(=O)(=O)Nc2cc(C)c(N)cc2C)s1. The lowest BCUT2D eigenvalue weighted by atomic mass is 10.1. The molecular weight excluding hydrogens is 282 g/mol. The monoisotopic (exact) mass is 297 g/mol. The second kappa shape index (κ2) is 4.82. The van der Waals surface area contributed by atoms with E-state index in [4.69, 9.17) is 5.73 Å². The summed E-state index contributed by atoms with van der Waals surface area (Å²) in [6.45, 7) is 5.41. The van der Waals surface area contributed by atoms with Crippen LogP contribution in [0.4, 0.5) is 11.4 Å². The van der Waals surface area contributed by atoms with Gasteiger partial charge in [0.2, 0.25) is 0 Å². The third kappa shape index (κ3) is 2.87. The second-order valence-electron chi connectivity index (χ2n) is 4.33. The average Bonchev–Trinajstić information content (AvgIpc) is 2.73. The number of sulfonamides is 1. The van der Waals surface area contributed by atoms with Gasteiger partial charge < -0.3 is 5.73 Å². The minimum absolute atomic E-state index is 0.207. The van der Waals surface area contributed by atoms with Crippen molar-refractivity contribution < 1.29 is 8.42 Å². The highest BCUT2D eigenvalue weighted by molar-refractivity contribution is 7.94. The van der Waals surface area contributed by atoms with Gasteiger partial charge in [0.25, 0.3) is 10.0 Å². The summed E-state index contributed by atoms with van der Waals surface area (Å²) >= 11 is 1.14. The molecule has 1 aromatic heterocycles.